The number of nitrogens with one attached hydrogen (secondary N) is 1. The predicted molar refractivity (Wildman–Crippen MR) is 54.8 cm³/mol. The Balaban J connectivity index is 0.00000144. The average molecular weight is 222 g/mol. The fourth-order valence-corrected chi connectivity index (χ4v) is 1.48. The lowest BCUT2D eigenvalue weighted by atomic mass is 10.2. The van der Waals surface area contributed by atoms with Crippen molar-refractivity contribution >= 4 is 29.7 Å². The topological polar surface area (TPSA) is 68.0 Å². The van der Waals surface area contributed by atoms with E-state index in [0.717, 1.165) is 10.7 Å². The van der Waals surface area contributed by atoms with E-state index < -0.39 is 0 Å². The molecule has 74 valence electrons. The number of carbonyl (C=O) groups excluding carboxylic acids is 1. The summed E-state index contributed by atoms with van der Waals surface area (Å²) in [5, 5.41) is 2.98. The van der Waals surface area contributed by atoms with Crippen LogP contribution in [0.2, 0.25) is 0 Å². The van der Waals surface area contributed by atoms with Crippen LogP contribution in [-0.4, -0.2) is 10.9 Å². The molecule has 1 aromatic heterocycles. The number of rotatable bonds is 3. The van der Waals surface area contributed by atoms with Crippen molar-refractivity contribution in [2.45, 2.75) is 19.8 Å². The minimum atomic E-state index is -0.152. The number of hydrogen-bond acceptors (Lipinski definition) is 4. The number of thiazole rings is 1. The first-order chi connectivity index (χ1) is 5.72. The van der Waals surface area contributed by atoms with Gasteiger partial charge in [0, 0.05) is 11.8 Å². The minimum absolute atomic E-state index is 0. The summed E-state index contributed by atoms with van der Waals surface area (Å²) >= 11 is 1.59. The lowest BCUT2D eigenvalue weighted by Crippen LogP contribution is -2.30. The van der Waals surface area contributed by atoms with Crippen LogP contribution in [0.25, 0.3) is 0 Å². The molecule has 0 atom stereocenters. The summed E-state index contributed by atoms with van der Waals surface area (Å²) in [7, 11) is 0. The Morgan fingerprint density at radius 2 is 2.46 bits per heavy atom. The van der Waals surface area contributed by atoms with Gasteiger partial charge in [0.05, 0.1) is 10.7 Å². The van der Waals surface area contributed by atoms with Crippen molar-refractivity contribution in [3.05, 3.63) is 16.1 Å². The smallest absolute Gasteiger partial charge is 0.234 e. The molecule has 13 heavy (non-hydrogen) atoms. The number of amides is 1. The molecule has 0 saturated carbocycles. The summed E-state index contributed by atoms with van der Waals surface area (Å²) in [6.45, 7) is 1.94. The van der Waals surface area contributed by atoms with E-state index in [9.17, 15) is 4.79 Å². The van der Waals surface area contributed by atoms with Crippen molar-refractivity contribution in [3.8, 4) is 0 Å². The molecule has 1 heterocycles. The number of nitrogens with zero attached hydrogens (tertiary/aromatic N) is 1. The Bertz CT molecular complexity index is 276. The van der Waals surface area contributed by atoms with E-state index in [-0.39, 0.29) is 18.3 Å². The first kappa shape index (κ1) is 12.3. The van der Waals surface area contributed by atoms with E-state index >= 15 is 0 Å². The molecule has 3 N–H and O–H groups in total. The monoisotopic (exact) mass is 221 g/mol. The Labute approximate surface area is 86.9 Å². The number of halogens is 1. The highest BCUT2D eigenvalue weighted by atomic mass is 35.5. The summed E-state index contributed by atoms with van der Waals surface area (Å²) in [4.78, 5) is 14.9. The van der Waals surface area contributed by atoms with Crippen LogP contribution in [0.15, 0.2) is 5.38 Å². The maximum Gasteiger partial charge on any atom is 0.234 e. The number of hydrogen-bond donors (Lipinski definition) is 2. The first-order valence-electron chi connectivity index (χ1n) is 3.63. The van der Waals surface area contributed by atoms with Crippen LogP contribution in [0.3, 0.4) is 0 Å². The van der Waals surface area contributed by atoms with Crippen molar-refractivity contribution in [3.63, 3.8) is 0 Å². The standard InChI is InChI=1S/C7H11N3OS.ClH/c1-5-9-6(4-12-5)2-3-7(11)10-8;/h4H,2-3,8H2,1H3,(H,10,11);1H. The number of hydrazine groups is 1. The highest BCUT2D eigenvalue weighted by Crippen LogP contribution is 2.09. The number of aromatic nitrogens is 1. The minimum Gasteiger partial charge on any atom is -0.294 e. The first-order valence-corrected chi connectivity index (χ1v) is 4.51. The third-order valence-electron chi connectivity index (χ3n) is 1.44. The van der Waals surface area contributed by atoms with E-state index in [1.165, 1.54) is 0 Å². The molecule has 1 rings (SSSR count). The fourth-order valence-electron chi connectivity index (χ4n) is 0.837. The molecule has 0 unspecified atom stereocenters. The SMILES string of the molecule is Cc1nc(CCC(=O)NN)cs1.Cl. The van der Waals surface area contributed by atoms with Gasteiger partial charge in [-0.1, -0.05) is 0 Å². The summed E-state index contributed by atoms with van der Waals surface area (Å²) in [6.07, 6.45) is 1.06. The molecule has 0 bridgehead atoms. The van der Waals surface area contributed by atoms with E-state index in [1.807, 2.05) is 12.3 Å². The molecule has 0 aliphatic heterocycles. The third-order valence-corrected chi connectivity index (χ3v) is 2.26. The van der Waals surface area contributed by atoms with Crippen molar-refractivity contribution in [1.82, 2.24) is 10.4 Å². The van der Waals surface area contributed by atoms with Crippen LogP contribution < -0.4 is 11.3 Å². The molecular weight excluding hydrogens is 210 g/mol. The summed E-state index contributed by atoms with van der Waals surface area (Å²) in [5.74, 6) is 4.77. The van der Waals surface area contributed by atoms with Gasteiger partial charge < -0.3 is 0 Å². The Hall–Kier alpha value is -0.650. The van der Waals surface area contributed by atoms with Gasteiger partial charge in [0.25, 0.3) is 0 Å². The second-order valence-corrected chi connectivity index (χ2v) is 3.49. The molecule has 0 radical (unpaired) electrons. The molecule has 1 aromatic rings. The molecule has 0 spiro atoms. The fraction of sp³-hybridized carbons (Fsp3) is 0.429. The van der Waals surface area contributed by atoms with Crippen LogP contribution in [-0.2, 0) is 11.2 Å². The zero-order chi connectivity index (χ0) is 8.97. The second kappa shape index (κ2) is 5.90. The molecule has 1 amide bonds. The molecule has 0 aliphatic carbocycles. The van der Waals surface area contributed by atoms with Gasteiger partial charge in [-0.05, 0) is 13.3 Å². The van der Waals surface area contributed by atoms with Gasteiger partial charge in [0.2, 0.25) is 5.91 Å². The summed E-state index contributed by atoms with van der Waals surface area (Å²) < 4.78 is 0. The predicted octanol–water partition coefficient (Wildman–Crippen LogP) is 0.796. The highest BCUT2D eigenvalue weighted by molar-refractivity contribution is 7.09. The van der Waals surface area contributed by atoms with Crippen LogP contribution in [0.1, 0.15) is 17.1 Å². The van der Waals surface area contributed by atoms with Gasteiger partial charge in [-0.25, -0.2) is 10.8 Å². The second-order valence-electron chi connectivity index (χ2n) is 2.43. The lowest BCUT2D eigenvalue weighted by molar-refractivity contribution is -0.121. The van der Waals surface area contributed by atoms with E-state index in [0.29, 0.717) is 12.8 Å². The summed E-state index contributed by atoms with van der Waals surface area (Å²) in [6, 6.07) is 0. The number of aryl methyl sites for hydroxylation is 2. The van der Waals surface area contributed by atoms with Crippen molar-refractivity contribution in [1.29, 1.82) is 0 Å². The number of nitrogens with two attached hydrogens (primary N) is 1. The molecular formula is C7H12ClN3OS. The van der Waals surface area contributed by atoms with Gasteiger partial charge in [0.1, 0.15) is 0 Å². The molecule has 0 saturated heterocycles. The quantitative estimate of drug-likeness (QED) is 0.451. The Morgan fingerprint density at radius 3 is 2.92 bits per heavy atom. The van der Waals surface area contributed by atoms with Gasteiger partial charge in [-0.3, -0.25) is 10.2 Å². The van der Waals surface area contributed by atoms with E-state index in [1.54, 1.807) is 11.3 Å². The van der Waals surface area contributed by atoms with Gasteiger partial charge in [0.15, 0.2) is 0 Å². The molecule has 0 aromatic carbocycles. The zero-order valence-electron chi connectivity index (χ0n) is 7.24. The molecule has 0 fully saturated rings. The molecule has 0 aliphatic rings. The van der Waals surface area contributed by atoms with Crippen molar-refractivity contribution < 1.29 is 4.79 Å². The average Bonchev–Trinajstić information content (AvgIpc) is 2.47. The zero-order valence-corrected chi connectivity index (χ0v) is 8.87. The van der Waals surface area contributed by atoms with Gasteiger partial charge >= 0.3 is 0 Å². The normalized spacial score (nSPS) is 9.08. The van der Waals surface area contributed by atoms with Crippen LogP contribution in [0, 0.1) is 6.92 Å². The lowest BCUT2D eigenvalue weighted by Gasteiger charge is -1.95. The van der Waals surface area contributed by atoms with Crippen molar-refractivity contribution in [2.75, 3.05) is 0 Å². The van der Waals surface area contributed by atoms with E-state index in [2.05, 4.69) is 10.4 Å². The van der Waals surface area contributed by atoms with Crippen molar-refractivity contribution in [2.24, 2.45) is 5.84 Å². The molecule has 6 heteroatoms. The van der Waals surface area contributed by atoms with Gasteiger partial charge in [-0.15, -0.1) is 23.7 Å². The maximum absolute atomic E-state index is 10.7. The third kappa shape index (κ3) is 4.21. The largest absolute Gasteiger partial charge is 0.294 e. The highest BCUT2D eigenvalue weighted by Gasteiger charge is 2.01. The Kier molecular flexibility index (Phi) is 5.61. The summed E-state index contributed by atoms with van der Waals surface area (Å²) in [5.41, 5.74) is 3.04. The number of carbonyl (C=O) groups is 1. The Morgan fingerprint density at radius 1 is 1.77 bits per heavy atom. The van der Waals surface area contributed by atoms with Crippen LogP contribution in [0.5, 0.6) is 0 Å². The van der Waals surface area contributed by atoms with Crippen LogP contribution in [0.4, 0.5) is 0 Å². The van der Waals surface area contributed by atoms with E-state index in [4.69, 9.17) is 5.84 Å². The van der Waals surface area contributed by atoms with Crippen LogP contribution >= 0.6 is 23.7 Å². The van der Waals surface area contributed by atoms with Gasteiger partial charge in [-0.2, -0.15) is 0 Å². The maximum atomic E-state index is 10.7. The molecule has 4 nitrogen and oxygen atoms in total.